The number of hydrogen-bond acceptors (Lipinski definition) is 7. The maximum absolute atomic E-state index is 13.0. The Morgan fingerprint density at radius 3 is 2.28 bits per heavy atom. The average molecular weight is 496 g/mol. The monoisotopic (exact) mass is 495 g/mol. The smallest absolute Gasteiger partial charge is 0.305 e. The van der Waals surface area contributed by atoms with Gasteiger partial charge in [0.15, 0.2) is 17.3 Å². The first-order valence-electron chi connectivity index (χ1n) is 11.4. The van der Waals surface area contributed by atoms with Crippen molar-refractivity contribution >= 4 is 24.3 Å². The molecule has 1 aliphatic rings. The Bertz CT molecular complexity index is 1550. The summed E-state index contributed by atoms with van der Waals surface area (Å²) < 4.78 is 14.4. The summed E-state index contributed by atoms with van der Waals surface area (Å²) in [7, 11) is 0. The molecule has 0 unspecified atom stereocenters. The number of aryl methyl sites for hydroxylation is 1. The number of benzene rings is 3. The summed E-state index contributed by atoms with van der Waals surface area (Å²) in [6.07, 6.45) is 0. The lowest BCUT2D eigenvalue weighted by Crippen LogP contribution is -2.36. The first kappa shape index (κ1) is 22.1. The number of aromatic nitrogens is 4. The highest BCUT2D eigenvalue weighted by atomic mass is 32.1. The van der Waals surface area contributed by atoms with Gasteiger partial charge in [-0.15, -0.1) is 17.7 Å². The Hall–Kier alpha value is -4.37. The molecule has 1 N–H and O–H groups in total. The number of carbonyl (C=O) groups is 1. The quantitative estimate of drug-likeness (QED) is 0.279. The Morgan fingerprint density at radius 2 is 1.58 bits per heavy atom. The molecule has 1 amide bonds. The third-order valence-corrected chi connectivity index (χ3v) is 6.21. The summed E-state index contributed by atoms with van der Waals surface area (Å²) in [6.45, 7) is 2.00. The van der Waals surface area contributed by atoms with Gasteiger partial charge in [0.25, 0.3) is 11.7 Å². The molecule has 0 aliphatic carbocycles. The molecule has 3 aromatic carbocycles. The third-order valence-electron chi connectivity index (χ3n) is 5.89. The van der Waals surface area contributed by atoms with E-state index in [-0.39, 0.29) is 12.5 Å². The molecule has 0 bridgehead atoms. The Labute approximate surface area is 212 Å². The van der Waals surface area contributed by atoms with Gasteiger partial charge in [0.1, 0.15) is 5.03 Å². The van der Waals surface area contributed by atoms with Crippen LogP contribution in [0.5, 0.6) is 11.5 Å². The van der Waals surface area contributed by atoms with Gasteiger partial charge in [0.2, 0.25) is 0 Å². The predicted octanol–water partition coefficient (Wildman–Crippen LogP) is 4.32. The zero-order valence-electron chi connectivity index (χ0n) is 19.3. The van der Waals surface area contributed by atoms with Crippen molar-refractivity contribution in [1.82, 2.24) is 24.9 Å². The lowest BCUT2D eigenvalue weighted by molar-refractivity contribution is -0.0459. The van der Waals surface area contributed by atoms with Crippen molar-refractivity contribution in [2.24, 2.45) is 0 Å². The fourth-order valence-electron chi connectivity index (χ4n) is 4.21. The van der Waals surface area contributed by atoms with Crippen LogP contribution < -0.4 is 14.8 Å². The number of carbonyl (C=O) groups excluding carboxylic acids is 1. The molecule has 0 saturated heterocycles. The molecule has 0 fully saturated rings. The number of thiol groups is 1. The van der Waals surface area contributed by atoms with Gasteiger partial charge in [-0.1, -0.05) is 60.7 Å². The van der Waals surface area contributed by atoms with Gasteiger partial charge in [-0.3, -0.25) is 4.79 Å². The number of hydrogen-bond donors (Lipinski definition) is 2. The van der Waals surface area contributed by atoms with Crippen molar-refractivity contribution in [2.75, 3.05) is 0 Å². The predicted molar refractivity (Wildman–Crippen MR) is 135 cm³/mol. The third kappa shape index (κ3) is 3.83. The molecule has 2 aromatic heterocycles. The van der Waals surface area contributed by atoms with E-state index in [1.807, 2.05) is 67.6 Å². The summed E-state index contributed by atoms with van der Waals surface area (Å²) in [6, 6.07) is 26.4. The van der Waals surface area contributed by atoms with Crippen LogP contribution in [0.1, 0.15) is 33.0 Å². The van der Waals surface area contributed by atoms with E-state index >= 15 is 0 Å². The van der Waals surface area contributed by atoms with Crippen LogP contribution in [0, 0.1) is 6.92 Å². The van der Waals surface area contributed by atoms with Gasteiger partial charge in [0.05, 0.1) is 6.54 Å². The summed E-state index contributed by atoms with van der Waals surface area (Å²) >= 11 is 4.41. The van der Waals surface area contributed by atoms with Gasteiger partial charge < -0.3 is 14.8 Å². The van der Waals surface area contributed by atoms with Crippen LogP contribution in [0.15, 0.2) is 90.0 Å². The summed E-state index contributed by atoms with van der Waals surface area (Å²) in [5.41, 5.74) is 2.92. The summed E-state index contributed by atoms with van der Waals surface area (Å²) in [4.78, 5) is 21.7. The van der Waals surface area contributed by atoms with Crippen LogP contribution in [-0.2, 0) is 12.3 Å². The fraction of sp³-hybridized carbons (Fsp3) is 0.111. The molecular weight excluding hydrogens is 474 g/mol. The van der Waals surface area contributed by atoms with Gasteiger partial charge in [-0.2, -0.15) is 9.50 Å². The molecule has 0 saturated carbocycles. The van der Waals surface area contributed by atoms with Gasteiger partial charge >= 0.3 is 5.79 Å². The normalized spacial score (nSPS) is 13.6. The SMILES string of the molecule is Cc1cc(S)n2nc(CNC(=O)c3ccc4c(c3)OC(c3ccccc3)(c3ccccc3)O4)nc2n1. The van der Waals surface area contributed by atoms with E-state index < -0.39 is 5.79 Å². The lowest BCUT2D eigenvalue weighted by atomic mass is 9.97. The molecule has 5 aromatic rings. The van der Waals surface area contributed by atoms with Crippen LogP contribution in [-0.4, -0.2) is 25.5 Å². The van der Waals surface area contributed by atoms with E-state index in [4.69, 9.17) is 9.47 Å². The van der Waals surface area contributed by atoms with Gasteiger partial charge in [-0.25, -0.2) is 4.98 Å². The minimum Gasteiger partial charge on any atom is -0.440 e. The first-order chi connectivity index (χ1) is 17.5. The van der Waals surface area contributed by atoms with Gasteiger partial charge in [-0.05, 0) is 31.2 Å². The largest absolute Gasteiger partial charge is 0.440 e. The molecule has 0 atom stereocenters. The first-order valence-corrected chi connectivity index (χ1v) is 11.8. The van der Waals surface area contributed by atoms with Gasteiger partial charge in [0, 0.05) is 22.4 Å². The second kappa shape index (κ2) is 8.69. The lowest BCUT2D eigenvalue weighted by Gasteiger charge is -2.28. The Morgan fingerprint density at radius 1 is 0.917 bits per heavy atom. The second-order valence-electron chi connectivity index (χ2n) is 8.39. The number of ether oxygens (including phenoxy) is 2. The highest BCUT2D eigenvalue weighted by molar-refractivity contribution is 7.80. The Balaban J connectivity index is 1.25. The molecule has 36 heavy (non-hydrogen) atoms. The highest BCUT2D eigenvalue weighted by Gasteiger charge is 2.45. The molecular formula is C27H21N5O3S. The zero-order valence-corrected chi connectivity index (χ0v) is 20.1. The van der Waals surface area contributed by atoms with E-state index in [2.05, 4.69) is 33.0 Å². The second-order valence-corrected chi connectivity index (χ2v) is 8.85. The van der Waals surface area contributed by atoms with Crippen LogP contribution in [0.4, 0.5) is 0 Å². The zero-order chi connectivity index (χ0) is 24.7. The molecule has 0 radical (unpaired) electrons. The molecule has 9 heteroatoms. The molecule has 0 spiro atoms. The van der Waals surface area contributed by atoms with E-state index in [9.17, 15) is 4.79 Å². The number of amides is 1. The van der Waals surface area contributed by atoms with Crippen molar-refractivity contribution in [1.29, 1.82) is 0 Å². The molecule has 3 heterocycles. The minimum absolute atomic E-state index is 0.140. The van der Waals surface area contributed by atoms with Crippen molar-refractivity contribution in [3.05, 3.63) is 113 Å². The van der Waals surface area contributed by atoms with Crippen molar-refractivity contribution in [2.45, 2.75) is 24.3 Å². The van der Waals surface area contributed by atoms with Crippen molar-refractivity contribution in [3.63, 3.8) is 0 Å². The van der Waals surface area contributed by atoms with E-state index in [1.165, 1.54) is 4.52 Å². The summed E-state index contributed by atoms with van der Waals surface area (Å²) in [5.74, 6) is 0.489. The van der Waals surface area contributed by atoms with Crippen LogP contribution >= 0.6 is 12.6 Å². The van der Waals surface area contributed by atoms with Crippen LogP contribution in [0.3, 0.4) is 0 Å². The molecule has 178 valence electrons. The number of nitrogens with zero attached hydrogens (tertiary/aromatic N) is 4. The van der Waals surface area contributed by atoms with Crippen LogP contribution in [0.25, 0.3) is 5.78 Å². The van der Waals surface area contributed by atoms with E-state index in [1.54, 1.807) is 24.3 Å². The summed E-state index contributed by atoms with van der Waals surface area (Å²) in [5, 5.41) is 7.85. The average Bonchev–Trinajstić information content (AvgIpc) is 3.50. The Kier molecular flexibility index (Phi) is 5.34. The molecule has 1 aliphatic heterocycles. The van der Waals surface area contributed by atoms with E-state index in [0.29, 0.717) is 33.7 Å². The fourth-order valence-corrected chi connectivity index (χ4v) is 4.53. The number of rotatable bonds is 5. The standard InChI is InChI=1S/C27H21N5O3S/c1-17-14-24(36)32-26(29-17)30-23(31-32)16-28-25(33)18-12-13-21-22(15-18)35-27(34-21,19-8-4-2-5-9-19)20-10-6-3-7-11-20/h2-15,36H,16H2,1H3,(H,28,33). The highest BCUT2D eigenvalue weighted by Crippen LogP contribution is 2.47. The van der Waals surface area contributed by atoms with Crippen LogP contribution in [0.2, 0.25) is 0 Å². The van der Waals surface area contributed by atoms with E-state index in [0.717, 1.165) is 16.8 Å². The number of nitrogens with one attached hydrogen (secondary N) is 1. The van der Waals surface area contributed by atoms with Crippen molar-refractivity contribution < 1.29 is 14.3 Å². The van der Waals surface area contributed by atoms with Crippen molar-refractivity contribution in [3.8, 4) is 11.5 Å². The maximum atomic E-state index is 13.0. The molecule has 6 rings (SSSR count). The number of fused-ring (bicyclic) bond motifs is 2. The topological polar surface area (TPSA) is 90.6 Å². The maximum Gasteiger partial charge on any atom is 0.305 e. The molecule has 8 nitrogen and oxygen atoms in total. The minimum atomic E-state index is -1.14.